The minimum Gasteiger partial charge on any atom is -0.376 e. The number of ether oxygens (including phenoxy) is 1. The van der Waals surface area contributed by atoms with Crippen LogP contribution in [0.2, 0.25) is 0 Å². The fourth-order valence-electron chi connectivity index (χ4n) is 4.08. The van der Waals surface area contributed by atoms with Crippen molar-refractivity contribution in [3.05, 3.63) is 60.2 Å². The fourth-order valence-corrected chi connectivity index (χ4v) is 4.08. The Labute approximate surface area is 220 Å². The SMILES string of the molecule is CCCCC/C=C\C/C=C\CCCCCCCCNC(=O)OC(=O)C(Cc1ccccc1)CN(C)C. The number of nitrogens with zero attached hydrogens (tertiary/aromatic N) is 1. The third-order valence-corrected chi connectivity index (χ3v) is 6.08. The summed E-state index contributed by atoms with van der Waals surface area (Å²) in [6.07, 6.45) is 23.3. The van der Waals surface area contributed by atoms with Gasteiger partial charge in [-0.15, -0.1) is 0 Å². The van der Waals surface area contributed by atoms with E-state index in [4.69, 9.17) is 4.74 Å². The Morgan fingerprint density at radius 3 is 2.11 bits per heavy atom. The van der Waals surface area contributed by atoms with E-state index in [9.17, 15) is 9.59 Å². The Morgan fingerprint density at radius 1 is 0.861 bits per heavy atom. The van der Waals surface area contributed by atoms with Crippen LogP contribution in [-0.2, 0) is 16.0 Å². The molecule has 0 aromatic heterocycles. The molecule has 1 amide bonds. The van der Waals surface area contributed by atoms with Gasteiger partial charge in [-0.05, 0) is 64.6 Å². The second kappa shape index (κ2) is 21.8. The summed E-state index contributed by atoms with van der Waals surface area (Å²) in [6.45, 7) is 3.31. The zero-order valence-electron chi connectivity index (χ0n) is 23.1. The predicted octanol–water partition coefficient (Wildman–Crippen LogP) is 7.47. The van der Waals surface area contributed by atoms with Crippen molar-refractivity contribution in [1.82, 2.24) is 10.2 Å². The van der Waals surface area contributed by atoms with Crippen molar-refractivity contribution in [3.8, 4) is 0 Å². The molecule has 0 bridgehead atoms. The van der Waals surface area contributed by atoms with Gasteiger partial charge in [-0.2, -0.15) is 0 Å². The Balaban J connectivity index is 2.06. The van der Waals surface area contributed by atoms with Crippen molar-refractivity contribution < 1.29 is 14.3 Å². The highest BCUT2D eigenvalue weighted by atomic mass is 16.6. The molecule has 5 nitrogen and oxygen atoms in total. The number of nitrogens with one attached hydrogen (secondary N) is 1. The van der Waals surface area contributed by atoms with Crippen molar-refractivity contribution in [3.63, 3.8) is 0 Å². The molecule has 1 unspecified atom stereocenters. The molecule has 1 atom stereocenters. The van der Waals surface area contributed by atoms with Crippen LogP contribution in [0.15, 0.2) is 54.6 Å². The van der Waals surface area contributed by atoms with E-state index < -0.39 is 12.1 Å². The number of carbonyl (C=O) groups excluding carboxylic acids is 2. The largest absolute Gasteiger partial charge is 0.414 e. The quantitative estimate of drug-likeness (QED) is 0.0876. The van der Waals surface area contributed by atoms with Crippen molar-refractivity contribution in [2.24, 2.45) is 5.92 Å². The Kier molecular flexibility index (Phi) is 19.2. The third kappa shape index (κ3) is 18.0. The monoisotopic (exact) mass is 498 g/mol. The van der Waals surface area contributed by atoms with E-state index in [-0.39, 0.29) is 5.92 Å². The fraction of sp³-hybridized carbons (Fsp3) is 0.613. The summed E-state index contributed by atoms with van der Waals surface area (Å²) in [4.78, 5) is 26.6. The number of hydrogen-bond acceptors (Lipinski definition) is 4. The second-order valence-electron chi connectivity index (χ2n) is 9.87. The van der Waals surface area contributed by atoms with Gasteiger partial charge >= 0.3 is 12.1 Å². The van der Waals surface area contributed by atoms with Crippen LogP contribution in [0.25, 0.3) is 0 Å². The summed E-state index contributed by atoms with van der Waals surface area (Å²) >= 11 is 0. The van der Waals surface area contributed by atoms with E-state index in [2.05, 4.69) is 36.5 Å². The van der Waals surface area contributed by atoms with Gasteiger partial charge in [0.2, 0.25) is 0 Å². The van der Waals surface area contributed by atoms with Crippen LogP contribution in [0, 0.1) is 5.92 Å². The topological polar surface area (TPSA) is 58.6 Å². The average molecular weight is 499 g/mol. The smallest absolute Gasteiger partial charge is 0.376 e. The lowest BCUT2D eigenvalue weighted by atomic mass is 9.99. The molecule has 1 rings (SSSR count). The van der Waals surface area contributed by atoms with Gasteiger partial charge in [0.05, 0.1) is 5.92 Å². The van der Waals surface area contributed by atoms with Gasteiger partial charge in [-0.1, -0.05) is 100 Å². The van der Waals surface area contributed by atoms with Gasteiger partial charge in [-0.25, -0.2) is 4.79 Å². The molecule has 1 aromatic rings. The Morgan fingerprint density at radius 2 is 1.47 bits per heavy atom. The van der Waals surface area contributed by atoms with E-state index >= 15 is 0 Å². The van der Waals surface area contributed by atoms with Crippen LogP contribution in [0.5, 0.6) is 0 Å². The number of amides is 1. The summed E-state index contributed by atoms with van der Waals surface area (Å²) in [6, 6.07) is 9.83. The van der Waals surface area contributed by atoms with Crippen molar-refractivity contribution in [2.45, 2.75) is 90.4 Å². The van der Waals surface area contributed by atoms with E-state index in [1.165, 1.54) is 51.4 Å². The van der Waals surface area contributed by atoms with Crippen LogP contribution in [0.4, 0.5) is 4.79 Å². The highest BCUT2D eigenvalue weighted by Crippen LogP contribution is 2.12. The first-order valence-electron chi connectivity index (χ1n) is 14.0. The first-order valence-corrected chi connectivity index (χ1v) is 14.0. The molecular formula is C31H50N2O3. The highest BCUT2D eigenvalue weighted by molar-refractivity contribution is 5.86. The first-order chi connectivity index (χ1) is 17.5. The number of benzene rings is 1. The molecule has 0 saturated carbocycles. The summed E-state index contributed by atoms with van der Waals surface area (Å²) in [5.41, 5.74) is 1.06. The minimum atomic E-state index is -0.639. The molecule has 202 valence electrons. The number of hydrogen-bond donors (Lipinski definition) is 1. The lowest BCUT2D eigenvalue weighted by molar-refractivity contribution is -0.142. The number of allylic oxidation sites excluding steroid dienone is 4. The van der Waals surface area contributed by atoms with E-state index in [0.29, 0.717) is 19.5 Å². The van der Waals surface area contributed by atoms with Crippen molar-refractivity contribution in [1.29, 1.82) is 0 Å². The lowest BCUT2D eigenvalue weighted by Crippen LogP contribution is -2.35. The van der Waals surface area contributed by atoms with Crippen molar-refractivity contribution in [2.75, 3.05) is 27.2 Å². The molecule has 5 heteroatoms. The standard InChI is InChI=1S/C31H50N2O3/c1-4-5-6-7-8-9-10-11-12-13-14-15-16-17-18-22-25-32-31(35)36-30(34)29(27-33(2)3)26-28-23-20-19-21-24-28/h8-9,11-12,19-21,23-24,29H,4-7,10,13-18,22,25-27H2,1-3H3,(H,32,35)/b9-8-,12-11-. The molecule has 0 aliphatic heterocycles. The summed E-state index contributed by atoms with van der Waals surface area (Å²) in [5, 5.41) is 2.72. The molecule has 0 radical (unpaired) electrons. The number of unbranched alkanes of at least 4 members (excludes halogenated alkanes) is 9. The van der Waals surface area contributed by atoms with Gasteiger partial charge in [0, 0.05) is 13.1 Å². The number of rotatable bonds is 20. The molecule has 0 saturated heterocycles. The first kappa shape index (κ1) is 31.6. The van der Waals surface area contributed by atoms with Gasteiger partial charge < -0.3 is 15.0 Å². The van der Waals surface area contributed by atoms with Crippen LogP contribution >= 0.6 is 0 Å². The van der Waals surface area contributed by atoms with Crippen LogP contribution in [0.1, 0.15) is 89.5 Å². The average Bonchev–Trinajstić information content (AvgIpc) is 2.86. The number of esters is 1. The maximum atomic E-state index is 12.6. The molecule has 0 aliphatic rings. The summed E-state index contributed by atoms with van der Waals surface area (Å²) in [5.74, 6) is -0.850. The van der Waals surface area contributed by atoms with Crippen LogP contribution < -0.4 is 5.32 Å². The normalized spacial score (nSPS) is 12.4. The molecule has 0 aliphatic carbocycles. The minimum absolute atomic E-state index is 0.380. The van der Waals surface area contributed by atoms with E-state index in [1.807, 2.05) is 49.3 Å². The molecule has 0 heterocycles. The van der Waals surface area contributed by atoms with Gasteiger partial charge in [0.1, 0.15) is 0 Å². The van der Waals surface area contributed by atoms with Crippen LogP contribution in [-0.4, -0.2) is 44.1 Å². The molecular weight excluding hydrogens is 448 g/mol. The Bertz CT molecular complexity index is 743. The van der Waals surface area contributed by atoms with E-state index in [1.54, 1.807) is 0 Å². The molecule has 0 spiro atoms. The van der Waals surface area contributed by atoms with Gasteiger partial charge in [-0.3, -0.25) is 4.79 Å². The molecule has 0 fully saturated rings. The predicted molar refractivity (Wildman–Crippen MR) is 151 cm³/mol. The lowest BCUT2D eigenvalue weighted by Gasteiger charge is -2.19. The summed E-state index contributed by atoms with van der Waals surface area (Å²) < 4.78 is 5.09. The molecule has 1 aromatic carbocycles. The van der Waals surface area contributed by atoms with Gasteiger partial charge in [0.25, 0.3) is 0 Å². The number of alkyl carbamates (subject to hydrolysis) is 1. The van der Waals surface area contributed by atoms with Crippen LogP contribution in [0.3, 0.4) is 0 Å². The summed E-state index contributed by atoms with van der Waals surface area (Å²) in [7, 11) is 3.83. The van der Waals surface area contributed by atoms with Crippen molar-refractivity contribution >= 4 is 12.1 Å². The third-order valence-electron chi connectivity index (χ3n) is 6.08. The number of carbonyl (C=O) groups is 2. The Hall–Kier alpha value is -2.40. The molecule has 1 N–H and O–H groups in total. The maximum Gasteiger partial charge on any atom is 0.414 e. The zero-order valence-corrected chi connectivity index (χ0v) is 23.1. The highest BCUT2D eigenvalue weighted by Gasteiger charge is 2.23. The van der Waals surface area contributed by atoms with Gasteiger partial charge in [0.15, 0.2) is 0 Å². The zero-order chi connectivity index (χ0) is 26.3. The van der Waals surface area contributed by atoms with E-state index in [0.717, 1.165) is 31.2 Å². The second-order valence-corrected chi connectivity index (χ2v) is 9.87. The maximum absolute atomic E-state index is 12.6. The molecule has 36 heavy (non-hydrogen) atoms.